The van der Waals surface area contributed by atoms with Crippen LogP contribution in [0.4, 0.5) is 0 Å². The van der Waals surface area contributed by atoms with Gasteiger partial charge < -0.3 is 4.74 Å². The van der Waals surface area contributed by atoms with Crippen LogP contribution in [0.3, 0.4) is 0 Å². The van der Waals surface area contributed by atoms with E-state index in [-0.39, 0.29) is 0 Å². The van der Waals surface area contributed by atoms with Crippen molar-refractivity contribution in [3.05, 3.63) is 28.8 Å². The van der Waals surface area contributed by atoms with Gasteiger partial charge in [0, 0.05) is 0 Å². The molecule has 0 aromatic heterocycles. The molecule has 0 radical (unpaired) electrons. The highest BCUT2D eigenvalue weighted by molar-refractivity contribution is 5.80. The maximum absolute atomic E-state index is 10.7. The molecule has 0 saturated carbocycles. The highest BCUT2D eigenvalue weighted by Crippen LogP contribution is 2.22. The predicted molar refractivity (Wildman–Crippen MR) is 52.4 cm³/mol. The third-order valence-corrected chi connectivity index (χ3v) is 2.08. The van der Waals surface area contributed by atoms with Crippen LogP contribution in [-0.2, 0) is 6.42 Å². The number of benzene rings is 1. The first-order chi connectivity index (χ1) is 6.72. The summed E-state index contributed by atoms with van der Waals surface area (Å²) in [4.78, 5) is 10.7. The largest absolute Gasteiger partial charge is 0.496 e. The summed E-state index contributed by atoms with van der Waals surface area (Å²) in [5.41, 5.74) is 2.36. The topological polar surface area (TPSA) is 50.1 Å². The quantitative estimate of drug-likeness (QED) is 0.682. The minimum atomic E-state index is 0.335. The molecule has 0 atom stereocenters. The first-order valence-electron chi connectivity index (χ1n) is 4.22. The Balaban J connectivity index is 3.24. The standard InChI is InChI=1S/C11H11NO2/c1-8-5-10(7-13)11(14-2)6-9(8)3-4-12/h5-7H,3H2,1-2H3. The number of aryl methyl sites for hydroxylation is 1. The van der Waals surface area contributed by atoms with Gasteiger partial charge in [-0.15, -0.1) is 0 Å². The molecule has 0 spiro atoms. The molecule has 1 rings (SSSR count). The average Bonchev–Trinajstić information content (AvgIpc) is 2.20. The van der Waals surface area contributed by atoms with Gasteiger partial charge in [0.15, 0.2) is 6.29 Å². The van der Waals surface area contributed by atoms with E-state index >= 15 is 0 Å². The second-order valence-corrected chi connectivity index (χ2v) is 2.97. The molecule has 1 aromatic carbocycles. The summed E-state index contributed by atoms with van der Waals surface area (Å²) in [5.74, 6) is 0.524. The molecule has 0 heterocycles. The molecular weight excluding hydrogens is 178 g/mol. The van der Waals surface area contributed by atoms with Crippen molar-refractivity contribution in [2.24, 2.45) is 0 Å². The van der Waals surface area contributed by atoms with E-state index in [1.807, 2.05) is 6.92 Å². The van der Waals surface area contributed by atoms with Gasteiger partial charge in [0.25, 0.3) is 0 Å². The van der Waals surface area contributed by atoms with Crippen LogP contribution in [0.25, 0.3) is 0 Å². The number of nitrogens with zero attached hydrogens (tertiary/aromatic N) is 1. The first-order valence-corrected chi connectivity index (χ1v) is 4.22. The number of rotatable bonds is 3. The lowest BCUT2D eigenvalue weighted by atomic mass is 10.0. The highest BCUT2D eigenvalue weighted by atomic mass is 16.5. The smallest absolute Gasteiger partial charge is 0.153 e. The second-order valence-electron chi connectivity index (χ2n) is 2.97. The molecule has 3 nitrogen and oxygen atoms in total. The lowest BCUT2D eigenvalue weighted by molar-refractivity contribution is 0.112. The van der Waals surface area contributed by atoms with E-state index in [1.165, 1.54) is 7.11 Å². The highest BCUT2D eigenvalue weighted by Gasteiger charge is 2.06. The number of methoxy groups -OCH3 is 1. The molecule has 0 N–H and O–H groups in total. The summed E-state index contributed by atoms with van der Waals surface area (Å²) in [5, 5.41) is 8.57. The lowest BCUT2D eigenvalue weighted by Gasteiger charge is -2.07. The Morgan fingerprint density at radius 3 is 2.79 bits per heavy atom. The van der Waals surface area contributed by atoms with Crippen LogP contribution in [0.5, 0.6) is 5.75 Å². The van der Waals surface area contributed by atoms with Crippen LogP contribution in [0.2, 0.25) is 0 Å². The van der Waals surface area contributed by atoms with E-state index in [2.05, 4.69) is 6.07 Å². The lowest BCUT2D eigenvalue weighted by Crippen LogP contribution is -1.95. The molecule has 3 heteroatoms. The van der Waals surface area contributed by atoms with Crippen LogP contribution < -0.4 is 4.74 Å². The minimum Gasteiger partial charge on any atom is -0.496 e. The van der Waals surface area contributed by atoms with E-state index < -0.39 is 0 Å². The molecule has 0 fully saturated rings. The molecular formula is C11H11NO2. The zero-order chi connectivity index (χ0) is 10.6. The van der Waals surface area contributed by atoms with Crippen molar-refractivity contribution in [3.8, 4) is 11.8 Å². The summed E-state index contributed by atoms with van der Waals surface area (Å²) in [6, 6.07) is 5.54. The summed E-state index contributed by atoms with van der Waals surface area (Å²) in [6.07, 6.45) is 1.09. The summed E-state index contributed by atoms with van der Waals surface area (Å²) < 4.78 is 5.04. The van der Waals surface area contributed by atoms with Crippen LogP contribution >= 0.6 is 0 Å². The van der Waals surface area contributed by atoms with E-state index in [9.17, 15) is 4.79 Å². The number of carbonyl (C=O) groups excluding carboxylic acids is 1. The Morgan fingerprint density at radius 1 is 1.57 bits per heavy atom. The number of hydrogen-bond donors (Lipinski definition) is 0. The fraction of sp³-hybridized carbons (Fsp3) is 0.273. The number of aldehydes is 1. The number of hydrogen-bond acceptors (Lipinski definition) is 3. The molecule has 72 valence electrons. The Kier molecular flexibility index (Phi) is 3.24. The normalized spacial score (nSPS) is 9.21. The van der Waals surface area contributed by atoms with Crippen molar-refractivity contribution in [2.45, 2.75) is 13.3 Å². The number of carbonyl (C=O) groups is 1. The third-order valence-electron chi connectivity index (χ3n) is 2.08. The Morgan fingerprint density at radius 2 is 2.29 bits per heavy atom. The number of nitriles is 1. The van der Waals surface area contributed by atoms with Gasteiger partial charge in [-0.05, 0) is 30.2 Å². The molecule has 0 amide bonds. The summed E-state index contributed by atoms with van der Waals surface area (Å²) >= 11 is 0. The van der Waals surface area contributed by atoms with Crippen molar-refractivity contribution >= 4 is 6.29 Å². The third kappa shape index (κ3) is 1.91. The van der Waals surface area contributed by atoms with Crippen LogP contribution in [0.1, 0.15) is 21.5 Å². The molecule has 0 aliphatic rings. The van der Waals surface area contributed by atoms with E-state index in [0.717, 1.165) is 17.4 Å². The SMILES string of the molecule is COc1cc(CC#N)c(C)cc1C=O. The fourth-order valence-electron chi connectivity index (χ4n) is 1.30. The van der Waals surface area contributed by atoms with Gasteiger partial charge >= 0.3 is 0 Å². The molecule has 0 bridgehead atoms. The second kappa shape index (κ2) is 4.43. The Labute approximate surface area is 82.9 Å². The number of ether oxygens (including phenoxy) is 1. The van der Waals surface area contributed by atoms with Gasteiger partial charge in [-0.1, -0.05) is 0 Å². The van der Waals surface area contributed by atoms with Crippen LogP contribution in [0.15, 0.2) is 12.1 Å². The van der Waals surface area contributed by atoms with Crippen molar-refractivity contribution in [3.63, 3.8) is 0 Å². The van der Waals surface area contributed by atoms with Gasteiger partial charge in [-0.25, -0.2) is 0 Å². The summed E-state index contributed by atoms with van der Waals surface area (Å²) in [7, 11) is 1.51. The zero-order valence-corrected chi connectivity index (χ0v) is 8.20. The van der Waals surface area contributed by atoms with Gasteiger partial charge in [0.05, 0.1) is 25.2 Å². The van der Waals surface area contributed by atoms with Crippen LogP contribution in [-0.4, -0.2) is 13.4 Å². The molecule has 0 unspecified atom stereocenters. The van der Waals surface area contributed by atoms with Gasteiger partial charge in [-0.3, -0.25) is 4.79 Å². The zero-order valence-electron chi connectivity index (χ0n) is 8.20. The average molecular weight is 189 g/mol. The molecule has 1 aromatic rings. The Hall–Kier alpha value is -1.82. The molecule has 0 saturated heterocycles. The van der Waals surface area contributed by atoms with Gasteiger partial charge in [0.1, 0.15) is 5.75 Å². The van der Waals surface area contributed by atoms with E-state index in [0.29, 0.717) is 17.7 Å². The molecule has 14 heavy (non-hydrogen) atoms. The molecule has 0 aliphatic carbocycles. The molecule has 0 aliphatic heterocycles. The predicted octanol–water partition coefficient (Wildman–Crippen LogP) is 1.88. The summed E-state index contributed by atoms with van der Waals surface area (Å²) in [6.45, 7) is 1.87. The van der Waals surface area contributed by atoms with Crippen molar-refractivity contribution < 1.29 is 9.53 Å². The Bertz CT molecular complexity index is 391. The van der Waals surface area contributed by atoms with Crippen molar-refractivity contribution in [2.75, 3.05) is 7.11 Å². The van der Waals surface area contributed by atoms with E-state index in [4.69, 9.17) is 10.00 Å². The monoisotopic (exact) mass is 189 g/mol. The first kappa shape index (κ1) is 10.3. The minimum absolute atomic E-state index is 0.335. The maximum Gasteiger partial charge on any atom is 0.153 e. The van der Waals surface area contributed by atoms with Gasteiger partial charge in [-0.2, -0.15) is 5.26 Å². The van der Waals surface area contributed by atoms with Crippen molar-refractivity contribution in [1.82, 2.24) is 0 Å². The van der Waals surface area contributed by atoms with Crippen molar-refractivity contribution in [1.29, 1.82) is 5.26 Å². The maximum atomic E-state index is 10.7. The fourth-order valence-corrected chi connectivity index (χ4v) is 1.30. The van der Waals surface area contributed by atoms with E-state index in [1.54, 1.807) is 12.1 Å². The van der Waals surface area contributed by atoms with Gasteiger partial charge in [0.2, 0.25) is 0 Å². The van der Waals surface area contributed by atoms with Crippen LogP contribution in [0, 0.1) is 18.3 Å².